The van der Waals surface area contributed by atoms with Gasteiger partial charge in [0.2, 0.25) is 0 Å². The van der Waals surface area contributed by atoms with Crippen LogP contribution >= 0.6 is 15.9 Å². The Kier molecular flexibility index (Phi) is 4.57. The predicted octanol–water partition coefficient (Wildman–Crippen LogP) is 4.43. The van der Waals surface area contributed by atoms with E-state index in [1.165, 1.54) is 25.7 Å². The molecule has 1 N–H and O–H groups in total. The van der Waals surface area contributed by atoms with Crippen LogP contribution in [-0.2, 0) is 0 Å². The van der Waals surface area contributed by atoms with Crippen molar-refractivity contribution in [2.45, 2.75) is 38.6 Å². The quantitative estimate of drug-likeness (QED) is 0.867. The lowest BCUT2D eigenvalue weighted by Gasteiger charge is -2.25. The van der Waals surface area contributed by atoms with Gasteiger partial charge in [0.1, 0.15) is 5.82 Å². The molecule has 0 aromatic heterocycles. The molecule has 0 heterocycles. The third kappa shape index (κ3) is 2.89. The fourth-order valence-corrected chi connectivity index (χ4v) is 3.18. The average molecular weight is 300 g/mol. The van der Waals surface area contributed by atoms with E-state index in [1.54, 1.807) is 6.07 Å². The van der Waals surface area contributed by atoms with Gasteiger partial charge in [-0.3, -0.25) is 0 Å². The lowest BCUT2D eigenvalue weighted by atomic mass is 9.91. The molecule has 0 spiro atoms. The van der Waals surface area contributed by atoms with Crippen LogP contribution in [0.1, 0.15) is 44.2 Å². The molecule has 0 radical (unpaired) electrons. The van der Waals surface area contributed by atoms with Crippen molar-refractivity contribution in [3.8, 4) is 0 Å². The summed E-state index contributed by atoms with van der Waals surface area (Å²) in [4.78, 5) is 0. The molecule has 0 bridgehead atoms. The maximum absolute atomic E-state index is 14.1. The minimum absolute atomic E-state index is 0.106. The smallest absolute Gasteiger partial charge is 0.142 e. The van der Waals surface area contributed by atoms with Gasteiger partial charge in [-0.15, -0.1) is 0 Å². The molecular formula is C14H19BrFN. The molecule has 17 heavy (non-hydrogen) atoms. The first kappa shape index (κ1) is 13.0. The first-order valence-corrected chi connectivity index (χ1v) is 7.20. The van der Waals surface area contributed by atoms with Crippen LogP contribution in [-0.4, -0.2) is 6.54 Å². The van der Waals surface area contributed by atoms with E-state index in [0.717, 1.165) is 12.1 Å². The molecule has 0 amide bonds. The van der Waals surface area contributed by atoms with Crippen molar-refractivity contribution in [1.82, 2.24) is 5.32 Å². The van der Waals surface area contributed by atoms with Gasteiger partial charge in [-0.2, -0.15) is 0 Å². The van der Waals surface area contributed by atoms with Crippen molar-refractivity contribution < 1.29 is 4.39 Å². The van der Waals surface area contributed by atoms with Crippen LogP contribution in [0.4, 0.5) is 4.39 Å². The lowest BCUT2D eigenvalue weighted by molar-refractivity contribution is 0.363. The zero-order chi connectivity index (χ0) is 12.3. The molecule has 1 aromatic carbocycles. The first-order valence-electron chi connectivity index (χ1n) is 6.41. The standard InChI is InChI=1S/C14H19BrFN/c1-2-17-14(10-6-3-4-7-10)11-8-5-9-12(15)13(11)16/h5,8-10,14,17H,2-4,6-7H2,1H3. The van der Waals surface area contributed by atoms with Gasteiger partial charge in [0.05, 0.1) is 4.47 Å². The van der Waals surface area contributed by atoms with Gasteiger partial charge in [-0.25, -0.2) is 4.39 Å². The molecule has 94 valence electrons. The van der Waals surface area contributed by atoms with Crippen molar-refractivity contribution in [3.05, 3.63) is 34.1 Å². The third-order valence-electron chi connectivity index (χ3n) is 3.61. The van der Waals surface area contributed by atoms with Crippen molar-refractivity contribution in [3.63, 3.8) is 0 Å². The van der Waals surface area contributed by atoms with E-state index in [0.29, 0.717) is 10.4 Å². The highest BCUT2D eigenvalue weighted by Crippen LogP contribution is 2.37. The minimum atomic E-state index is -0.106. The van der Waals surface area contributed by atoms with E-state index in [-0.39, 0.29) is 11.9 Å². The van der Waals surface area contributed by atoms with Crippen molar-refractivity contribution >= 4 is 15.9 Å². The Labute approximate surface area is 111 Å². The SMILES string of the molecule is CCNC(c1cccc(Br)c1F)C1CCCC1. The summed E-state index contributed by atoms with van der Waals surface area (Å²) in [5.41, 5.74) is 0.813. The Hall–Kier alpha value is -0.410. The Morgan fingerprint density at radius 1 is 1.41 bits per heavy atom. The van der Waals surface area contributed by atoms with E-state index in [9.17, 15) is 4.39 Å². The van der Waals surface area contributed by atoms with Gasteiger partial charge < -0.3 is 5.32 Å². The molecule has 1 aliphatic carbocycles. The predicted molar refractivity (Wildman–Crippen MR) is 72.5 cm³/mol. The van der Waals surface area contributed by atoms with Crippen LogP contribution in [0.5, 0.6) is 0 Å². The van der Waals surface area contributed by atoms with Gasteiger partial charge in [-0.05, 0) is 47.3 Å². The van der Waals surface area contributed by atoms with Crippen LogP contribution in [0.2, 0.25) is 0 Å². The molecule has 1 nitrogen and oxygen atoms in total. The second-order valence-corrected chi connectivity index (χ2v) is 5.58. The van der Waals surface area contributed by atoms with E-state index in [4.69, 9.17) is 0 Å². The summed E-state index contributed by atoms with van der Waals surface area (Å²) in [6.07, 6.45) is 4.98. The van der Waals surface area contributed by atoms with Crippen LogP contribution in [0, 0.1) is 11.7 Å². The van der Waals surface area contributed by atoms with Gasteiger partial charge in [0, 0.05) is 11.6 Å². The summed E-state index contributed by atoms with van der Waals surface area (Å²) in [5, 5.41) is 3.45. The number of hydrogen-bond acceptors (Lipinski definition) is 1. The summed E-state index contributed by atoms with van der Waals surface area (Å²) < 4.78 is 14.7. The van der Waals surface area contributed by atoms with Gasteiger partial charge in [0.25, 0.3) is 0 Å². The molecule has 1 fully saturated rings. The van der Waals surface area contributed by atoms with Crippen LogP contribution in [0.15, 0.2) is 22.7 Å². The molecule has 1 unspecified atom stereocenters. The molecule has 0 saturated heterocycles. The molecule has 0 aliphatic heterocycles. The molecular weight excluding hydrogens is 281 g/mol. The second kappa shape index (κ2) is 5.96. The first-order chi connectivity index (χ1) is 8.24. The van der Waals surface area contributed by atoms with Crippen molar-refractivity contribution in [1.29, 1.82) is 0 Å². The summed E-state index contributed by atoms with van der Waals surface area (Å²) in [5.74, 6) is 0.476. The van der Waals surface area contributed by atoms with Crippen LogP contribution < -0.4 is 5.32 Å². The third-order valence-corrected chi connectivity index (χ3v) is 4.22. The second-order valence-electron chi connectivity index (χ2n) is 4.72. The average Bonchev–Trinajstić information content (AvgIpc) is 2.84. The monoisotopic (exact) mass is 299 g/mol. The fraction of sp³-hybridized carbons (Fsp3) is 0.571. The zero-order valence-electron chi connectivity index (χ0n) is 10.2. The van der Waals surface area contributed by atoms with Crippen molar-refractivity contribution in [2.75, 3.05) is 6.54 Å². The Morgan fingerprint density at radius 2 is 2.12 bits per heavy atom. The molecule has 1 aliphatic rings. The van der Waals surface area contributed by atoms with Crippen LogP contribution in [0.25, 0.3) is 0 Å². The normalized spacial score (nSPS) is 18.5. The summed E-state index contributed by atoms with van der Waals surface area (Å²) in [6, 6.07) is 5.75. The highest BCUT2D eigenvalue weighted by atomic mass is 79.9. The van der Waals surface area contributed by atoms with Gasteiger partial charge >= 0.3 is 0 Å². The van der Waals surface area contributed by atoms with E-state index in [2.05, 4.69) is 28.2 Å². The molecule has 3 heteroatoms. The largest absolute Gasteiger partial charge is 0.310 e. The summed E-state index contributed by atoms with van der Waals surface area (Å²) >= 11 is 3.27. The number of benzene rings is 1. The van der Waals surface area contributed by atoms with E-state index in [1.807, 2.05) is 12.1 Å². The van der Waals surface area contributed by atoms with Gasteiger partial charge in [-0.1, -0.05) is 31.9 Å². The van der Waals surface area contributed by atoms with E-state index >= 15 is 0 Å². The molecule has 1 aromatic rings. The van der Waals surface area contributed by atoms with Crippen LogP contribution in [0.3, 0.4) is 0 Å². The number of nitrogens with one attached hydrogen (secondary N) is 1. The lowest BCUT2D eigenvalue weighted by Crippen LogP contribution is -2.27. The fourth-order valence-electron chi connectivity index (χ4n) is 2.80. The molecule has 2 rings (SSSR count). The Morgan fingerprint density at radius 3 is 2.76 bits per heavy atom. The Balaban J connectivity index is 2.27. The summed E-state index contributed by atoms with van der Waals surface area (Å²) in [7, 11) is 0. The summed E-state index contributed by atoms with van der Waals surface area (Å²) in [6.45, 7) is 2.96. The van der Waals surface area contributed by atoms with Gasteiger partial charge in [0.15, 0.2) is 0 Å². The minimum Gasteiger partial charge on any atom is -0.310 e. The van der Waals surface area contributed by atoms with E-state index < -0.39 is 0 Å². The molecule has 1 atom stereocenters. The highest BCUT2D eigenvalue weighted by molar-refractivity contribution is 9.10. The maximum atomic E-state index is 14.1. The topological polar surface area (TPSA) is 12.0 Å². The molecule has 1 saturated carbocycles. The highest BCUT2D eigenvalue weighted by Gasteiger charge is 2.27. The number of hydrogen-bond donors (Lipinski definition) is 1. The maximum Gasteiger partial charge on any atom is 0.142 e. The zero-order valence-corrected chi connectivity index (χ0v) is 11.8. The number of rotatable bonds is 4. The van der Waals surface area contributed by atoms with Crippen molar-refractivity contribution in [2.24, 2.45) is 5.92 Å². The number of halogens is 2. The Bertz CT molecular complexity index is 374.